The third kappa shape index (κ3) is 3.75. The normalized spacial score (nSPS) is 11.1. The van der Waals surface area contributed by atoms with Gasteiger partial charge in [-0.15, -0.1) is 0 Å². The van der Waals surface area contributed by atoms with Gasteiger partial charge < -0.3 is 5.32 Å². The van der Waals surface area contributed by atoms with Crippen molar-refractivity contribution >= 4 is 11.8 Å². The molecule has 3 nitrogen and oxygen atoms in total. The molecule has 0 bridgehead atoms. The molecular weight excluding hydrogens is 230 g/mol. The van der Waals surface area contributed by atoms with Gasteiger partial charge in [-0.3, -0.25) is 4.68 Å². The first-order valence-corrected chi connectivity index (χ1v) is 7.88. The molecule has 0 unspecified atom stereocenters. The van der Waals surface area contributed by atoms with Crippen LogP contribution in [0.2, 0.25) is 0 Å². The first-order chi connectivity index (χ1) is 8.28. The van der Waals surface area contributed by atoms with Gasteiger partial charge in [0.2, 0.25) is 0 Å². The number of aryl methyl sites for hydroxylation is 2. The Hall–Kier alpha value is -0.480. The van der Waals surface area contributed by atoms with Crippen molar-refractivity contribution in [2.24, 2.45) is 0 Å². The minimum absolute atomic E-state index is 0.939. The van der Waals surface area contributed by atoms with E-state index in [9.17, 15) is 0 Å². The zero-order valence-corrected chi connectivity index (χ0v) is 12.4. The second-order valence-electron chi connectivity index (χ2n) is 4.18. The van der Waals surface area contributed by atoms with Crippen LogP contribution in [0.15, 0.2) is 0 Å². The highest BCUT2D eigenvalue weighted by atomic mass is 32.2. The van der Waals surface area contributed by atoms with E-state index in [1.54, 1.807) is 0 Å². The highest BCUT2D eigenvalue weighted by Crippen LogP contribution is 2.17. The molecule has 0 spiro atoms. The number of nitrogens with one attached hydrogen (secondary N) is 1. The van der Waals surface area contributed by atoms with E-state index in [1.807, 2.05) is 18.8 Å². The molecule has 98 valence electrons. The summed E-state index contributed by atoms with van der Waals surface area (Å²) >= 11 is 1.91. The van der Waals surface area contributed by atoms with Crippen molar-refractivity contribution in [3.05, 3.63) is 17.0 Å². The molecule has 0 radical (unpaired) electrons. The molecule has 0 saturated carbocycles. The molecule has 1 aromatic heterocycles. The van der Waals surface area contributed by atoms with Gasteiger partial charge in [0, 0.05) is 24.3 Å². The predicted molar refractivity (Wildman–Crippen MR) is 76.7 cm³/mol. The Morgan fingerprint density at radius 1 is 1.29 bits per heavy atom. The number of nitrogens with zero attached hydrogens (tertiary/aromatic N) is 2. The zero-order chi connectivity index (χ0) is 12.7. The van der Waals surface area contributed by atoms with Crippen LogP contribution in [0.1, 0.15) is 37.2 Å². The van der Waals surface area contributed by atoms with Gasteiger partial charge in [-0.05, 0) is 38.3 Å². The van der Waals surface area contributed by atoms with Crippen LogP contribution >= 0.6 is 11.8 Å². The third-order valence-electron chi connectivity index (χ3n) is 2.99. The van der Waals surface area contributed by atoms with Crippen LogP contribution in [0.25, 0.3) is 0 Å². The summed E-state index contributed by atoms with van der Waals surface area (Å²) in [5.74, 6) is 1.21. The van der Waals surface area contributed by atoms with Crippen molar-refractivity contribution in [2.45, 2.75) is 46.2 Å². The molecule has 1 heterocycles. The Morgan fingerprint density at radius 3 is 2.59 bits per heavy atom. The topological polar surface area (TPSA) is 29.9 Å². The van der Waals surface area contributed by atoms with E-state index in [-0.39, 0.29) is 0 Å². The summed E-state index contributed by atoms with van der Waals surface area (Å²) in [6.45, 7) is 6.41. The van der Waals surface area contributed by atoms with Crippen LogP contribution in [0.4, 0.5) is 0 Å². The second-order valence-corrected chi connectivity index (χ2v) is 5.16. The Morgan fingerprint density at radius 2 is 2.06 bits per heavy atom. The average molecular weight is 255 g/mol. The molecule has 17 heavy (non-hydrogen) atoms. The standard InChI is InChI=1S/C13H25N3S/c1-5-12-11(10-14-3)13(6-2)16(15-12)8-7-9-17-4/h14H,5-10H2,1-4H3. The first-order valence-electron chi connectivity index (χ1n) is 6.49. The highest BCUT2D eigenvalue weighted by molar-refractivity contribution is 7.98. The predicted octanol–water partition coefficient (Wildman–Crippen LogP) is 2.48. The SMILES string of the molecule is CCc1nn(CCCSC)c(CC)c1CNC. The van der Waals surface area contributed by atoms with Crippen LogP contribution in [0, 0.1) is 0 Å². The minimum Gasteiger partial charge on any atom is -0.316 e. The van der Waals surface area contributed by atoms with Crippen molar-refractivity contribution in [3.8, 4) is 0 Å². The van der Waals surface area contributed by atoms with Gasteiger partial charge in [0.25, 0.3) is 0 Å². The number of rotatable bonds is 8. The molecule has 0 atom stereocenters. The van der Waals surface area contributed by atoms with E-state index in [2.05, 4.69) is 30.1 Å². The summed E-state index contributed by atoms with van der Waals surface area (Å²) in [6.07, 6.45) is 5.47. The molecule has 1 aromatic rings. The molecule has 0 fully saturated rings. The average Bonchev–Trinajstić information content (AvgIpc) is 2.67. The lowest BCUT2D eigenvalue weighted by molar-refractivity contribution is 0.573. The number of hydrogen-bond donors (Lipinski definition) is 1. The van der Waals surface area contributed by atoms with Crippen molar-refractivity contribution in [3.63, 3.8) is 0 Å². The molecule has 0 aliphatic rings. The fourth-order valence-corrected chi connectivity index (χ4v) is 2.61. The smallest absolute Gasteiger partial charge is 0.0669 e. The maximum atomic E-state index is 4.76. The lowest BCUT2D eigenvalue weighted by Gasteiger charge is -2.07. The Balaban J connectivity index is 2.87. The molecule has 0 aromatic carbocycles. The van der Waals surface area contributed by atoms with Gasteiger partial charge in [0.1, 0.15) is 0 Å². The molecular formula is C13H25N3S. The summed E-state index contributed by atoms with van der Waals surface area (Å²) < 4.78 is 2.22. The van der Waals surface area contributed by atoms with Crippen LogP contribution < -0.4 is 5.32 Å². The van der Waals surface area contributed by atoms with Crippen LogP contribution in [0.3, 0.4) is 0 Å². The minimum atomic E-state index is 0.939. The Labute approximate surface area is 109 Å². The van der Waals surface area contributed by atoms with Crippen molar-refractivity contribution in [1.82, 2.24) is 15.1 Å². The largest absolute Gasteiger partial charge is 0.316 e. The van der Waals surface area contributed by atoms with E-state index in [1.165, 1.54) is 29.1 Å². The summed E-state index contributed by atoms with van der Waals surface area (Å²) in [5, 5.41) is 8.01. The number of hydrogen-bond acceptors (Lipinski definition) is 3. The Kier molecular flexibility index (Phi) is 6.66. The van der Waals surface area contributed by atoms with Crippen molar-refractivity contribution in [2.75, 3.05) is 19.1 Å². The quantitative estimate of drug-likeness (QED) is 0.724. The maximum Gasteiger partial charge on any atom is 0.0669 e. The summed E-state index contributed by atoms with van der Waals surface area (Å²) in [4.78, 5) is 0. The van der Waals surface area contributed by atoms with E-state index in [0.29, 0.717) is 0 Å². The van der Waals surface area contributed by atoms with Gasteiger partial charge in [-0.2, -0.15) is 16.9 Å². The van der Waals surface area contributed by atoms with Crippen molar-refractivity contribution < 1.29 is 0 Å². The first kappa shape index (κ1) is 14.6. The lowest BCUT2D eigenvalue weighted by Crippen LogP contribution is -2.10. The lowest BCUT2D eigenvalue weighted by atomic mass is 10.1. The zero-order valence-electron chi connectivity index (χ0n) is 11.5. The second kappa shape index (κ2) is 7.77. The summed E-state index contributed by atoms with van der Waals surface area (Å²) in [6, 6.07) is 0. The number of aromatic nitrogens is 2. The van der Waals surface area contributed by atoms with Gasteiger partial charge in [0.15, 0.2) is 0 Å². The van der Waals surface area contributed by atoms with E-state index >= 15 is 0 Å². The van der Waals surface area contributed by atoms with Crippen LogP contribution in [-0.2, 0) is 25.9 Å². The van der Waals surface area contributed by atoms with Gasteiger partial charge >= 0.3 is 0 Å². The molecule has 0 aliphatic carbocycles. The molecule has 1 rings (SSSR count). The third-order valence-corrected chi connectivity index (χ3v) is 3.69. The van der Waals surface area contributed by atoms with E-state index in [4.69, 9.17) is 5.10 Å². The van der Waals surface area contributed by atoms with Crippen LogP contribution in [0.5, 0.6) is 0 Å². The van der Waals surface area contributed by atoms with Crippen molar-refractivity contribution in [1.29, 1.82) is 0 Å². The Bertz CT molecular complexity index is 334. The van der Waals surface area contributed by atoms with Gasteiger partial charge in [0.05, 0.1) is 5.69 Å². The van der Waals surface area contributed by atoms with Crippen LogP contribution in [-0.4, -0.2) is 28.8 Å². The molecule has 1 N–H and O–H groups in total. The van der Waals surface area contributed by atoms with E-state index in [0.717, 1.165) is 25.9 Å². The number of thioether (sulfide) groups is 1. The molecule has 0 saturated heterocycles. The van der Waals surface area contributed by atoms with Gasteiger partial charge in [-0.25, -0.2) is 0 Å². The summed E-state index contributed by atoms with van der Waals surface area (Å²) in [5.41, 5.74) is 4.10. The fraction of sp³-hybridized carbons (Fsp3) is 0.769. The fourth-order valence-electron chi connectivity index (χ4n) is 2.19. The summed E-state index contributed by atoms with van der Waals surface area (Å²) in [7, 11) is 2.00. The van der Waals surface area contributed by atoms with Gasteiger partial charge in [-0.1, -0.05) is 13.8 Å². The molecule has 0 amide bonds. The molecule has 0 aliphatic heterocycles. The van der Waals surface area contributed by atoms with E-state index < -0.39 is 0 Å². The molecule has 4 heteroatoms. The highest BCUT2D eigenvalue weighted by Gasteiger charge is 2.14. The maximum absolute atomic E-state index is 4.76. The monoisotopic (exact) mass is 255 g/mol.